The van der Waals surface area contributed by atoms with Gasteiger partial charge in [-0.2, -0.15) is 0 Å². The van der Waals surface area contributed by atoms with E-state index in [1.807, 2.05) is 6.92 Å². The molecule has 0 radical (unpaired) electrons. The van der Waals surface area contributed by atoms with Crippen molar-refractivity contribution in [1.82, 2.24) is 4.98 Å². The van der Waals surface area contributed by atoms with E-state index in [2.05, 4.69) is 60.4 Å². The zero-order chi connectivity index (χ0) is 18.8. The number of aromatic amines is 1. The lowest BCUT2D eigenvalue weighted by molar-refractivity contribution is -0.149. The van der Waals surface area contributed by atoms with E-state index < -0.39 is 0 Å². The summed E-state index contributed by atoms with van der Waals surface area (Å²) < 4.78 is 5.20. The van der Waals surface area contributed by atoms with Gasteiger partial charge in [-0.25, -0.2) is 0 Å². The summed E-state index contributed by atoms with van der Waals surface area (Å²) in [7, 11) is 0. The molecule has 1 aromatic heterocycles. The number of hydrogen-bond acceptors (Lipinski definition) is 2. The highest BCUT2D eigenvalue weighted by Gasteiger charge is 2.28. The minimum Gasteiger partial charge on any atom is -0.466 e. The molecule has 1 heterocycles. The Kier molecular flexibility index (Phi) is 5.02. The number of carbonyl (C=O) groups is 1. The standard InChI is InChI=1S/C24H27NO2/c1-3-27-24(26)18-13-11-17(12-14-18)19-7-6-8-20(15-19)23-16(2)21-9-4-5-10-22(21)25-23/h4-10,15,17-18,25H,3,11-14H2,1-2H3. The molecule has 0 aliphatic heterocycles. The molecule has 0 bridgehead atoms. The normalized spacial score (nSPS) is 19.9. The van der Waals surface area contributed by atoms with Crippen LogP contribution in [0, 0.1) is 12.8 Å². The maximum Gasteiger partial charge on any atom is 0.308 e. The number of nitrogens with one attached hydrogen (secondary N) is 1. The van der Waals surface area contributed by atoms with Gasteiger partial charge in [-0.05, 0) is 74.3 Å². The quantitative estimate of drug-likeness (QED) is 0.581. The Balaban J connectivity index is 1.55. The monoisotopic (exact) mass is 361 g/mol. The Labute approximate surface area is 160 Å². The number of aryl methyl sites for hydroxylation is 1. The van der Waals surface area contributed by atoms with Crippen LogP contribution < -0.4 is 0 Å². The van der Waals surface area contributed by atoms with E-state index in [0.29, 0.717) is 12.5 Å². The topological polar surface area (TPSA) is 42.1 Å². The van der Waals surface area contributed by atoms with Crippen molar-refractivity contribution >= 4 is 16.9 Å². The second kappa shape index (κ2) is 7.59. The molecule has 0 unspecified atom stereocenters. The fourth-order valence-corrected chi connectivity index (χ4v) is 4.44. The van der Waals surface area contributed by atoms with Gasteiger partial charge in [-0.15, -0.1) is 0 Å². The van der Waals surface area contributed by atoms with Crippen LogP contribution in [0.2, 0.25) is 0 Å². The molecule has 3 nitrogen and oxygen atoms in total. The van der Waals surface area contributed by atoms with Gasteiger partial charge in [0.1, 0.15) is 0 Å². The molecule has 0 atom stereocenters. The zero-order valence-corrected chi connectivity index (χ0v) is 16.1. The molecule has 2 aromatic carbocycles. The minimum absolute atomic E-state index is 0.0154. The molecule has 1 N–H and O–H groups in total. The van der Waals surface area contributed by atoms with Crippen molar-refractivity contribution < 1.29 is 9.53 Å². The van der Waals surface area contributed by atoms with Crippen molar-refractivity contribution in [2.24, 2.45) is 5.92 Å². The van der Waals surface area contributed by atoms with Gasteiger partial charge < -0.3 is 9.72 Å². The second-order valence-corrected chi connectivity index (χ2v) is 7.60. The minimum atomic E-state index is -0.0154. The smallest absolute Gasteiger partial charge is 0.308 e. The average Bonchev–Trinajstić information content (AvgIpc) is 3.05. The summed E-state index contributed by atoms with van der Waals surface area (Å²) in [4.78, 5) is 15.6. The second-order valence-electron chi connectivity index (χ2n) is 7.60. The first kappa shape index (κ1) is 17.8. The Morgan fingerprint density at radius 1 is 1.07 bits per heavy atom. The van der Waals surface area contributed by atoms with Crippen LogP contribution in [0.25, 0.3) is 22.2 Å². The van der Waals surface area contributed by atoms with E-state index in [1.54, 1.807) is 0 Å². The maximum absolute atomic E-state index is 12.0. The van der Waals surface area contributed by atoms with Crippen molar-refractivity contribution in [1.29, 1.82) is 0 Å². The van der Waals surface area contributed by atoms with Crippen LogP contribution in [0.15, 0.2) is 48.5 Å². The number of aromatic nitrogens is 1. The van der Waals surface area contributed by atoms with Crippen molar-refractivity contribution in [3.05, 3.63) is 59.7 Å². The number of ether oxygens (including phenoxy) is 1. The Morgan fingerprint density at radius 3 is 2.59 bits per heavy atom. The summed E-state index contributed by atoms with van der Waals surface area (Å²) >= 11 is 0. The first-order valence-corrected chi connectivity index (χ1v) is 10.0. The summed E-state index contributed by atoms with van der Waals surface area (Å²) in [5, 5.41) is 1.29. The van der Waals surface area contributed by atoms with Crippen molar-refractivity contribution in [3.8, 4) is 11.3 Å². The summed E-state index contributed by atoms with van der Waals surface area (Å²) in [6.07, 6.45) is 3.97. The predicted octanol–water partition coefficient (Wildman–Crippen LogP) is 5.98. The summed E-state index contributed by atoms with van der Waals surface area (Å²) in [6.45, 7) is 4.54. The van der Waals surface area contributed by atoms with E-state index in [-0.39, 0.29) is 11.9 Å². The molecular weight excluding hydrogens is 334 g/mol. The molecule has 1 aliphatic carbocycles. The van der Waals surface area contributed by atoms with Crippen LogP contribution >= 0.6 is 0 Å². The van der Waals surface area contributed by atoms with Gasteiger partial charge in [0, 0.05) is 16.6 Å². The van der Waals surface area contributed by atoms with Crippen molar-refractivity contribution in [3.63, 3.8) is 0 Å². The van der Waals surface area contributed by atoms with E-state index in [9.17, 15) is 4.79 Å². The fraction of sp³-hybridized carbons (Fsp3) is 0.375. The third-order valence-electron chi connectivity index (χ3n) is 5.96. The largest absolute Gasteiger partial charge is 0.466 e. The van der Waals surface area contributed by atoms with Gasteiger partial charge in [0.2, 0.25) is 0 Å². The van der Waals surface area contributed by atoms with Gasteiger partial charge in [0.25, 0.3) is 0 Å². The summed E-state index contributed by atoms with van der Waals surface area (Å²) in [5.74, 6) is 0.596. The van der Waals surface area contributed by atoms with E-state index >= 15 is 0 Å². The number of para-hydroxylation sites is 1. The van der Waals surface area contributed by atoms with Crippen LogP contribution in [0.3, 0.4) is 0 Å². The van der Waals surface area contributed by atoms with Crippen LogP contribution in [0.5, 0.6) is 0 Å². The van der Waals surface area contributed by atoms with Gasteiger partial charge >= 0.3 is 5.97 Å². The van der Waals surface area contributed by atoms with Crippen molar-refractivity contribution in [2.75, 3.05) is 6.61 Å². The Morgan fingerprint density at radius 2 is 1.85 bits per heavy atom. The van der Waals surface area contributed by atoms with Crippen LogP contribution in [0.4, 0.5) is 0 Å². The highest BCUT2D eigenvalue weighted by molar-refractivity contribution is 5.90. The molecule has 3 aromatic rings. The molecule has 140 valence electrons. The van der Waals surface area contributed by atoms with E-state index in [1.165, 1.54) is 33.3 Å². The molecule has 4 rings (SSSR count). The number of esters is 1. The molecular formula is C24H27NO2. The van der Waals surface area contributed by atoms with Gasteiger partial charge in [0.15, 0.2) is 0 Å². The number of H-pyrrole nitrogens is 1. The van der Waals surface area contributed by atoms with E-state index in [4.69, 9.17) is 4.74 Å². The zero-order valence-electron chi connectivity index (χ0n) is 16.1. The molecule has 3 heteroatoms. The average molecular weight is 361 g/mol. The third-order valence-corrected chi connectivity index (χ3v) is 5.96. The first-order valence-electron chi connectivity index (χ1n) is 10.0. The molecule has 0 spiro atoms. The summed E-state index contributed by atoms with van der Waals surface area (Å²) in [5.41, 5.74) is 6.32. The molecule has 1 fully saturated rings. The number of benzene rings is 2. The van der Waals surface area contributed by atoms with Crippen LogP contribution in [0.1, 0.15) is 49.7 Å². The molecule has 27 heavy (non-hydrogen) atoms. The number of rotatable bonds is 4. The summed E-state index contributed by atoms with van der Waals surface area (Å²) in [6, 6.07) is 17.4. The van der Waals surface area contributed by atoms with Gasteiger partial charge in [0.05, 0.1) is 12.5 Å². The highest BCUT2D eigenvalue weighted by atomic mass is 16.5. The predicted molar refractivity (Wildman–Crippen MR) is 110 cm³/mol. The van der Waals surface area contributed by atoms with Gasteiger partial charge in [-0.1, -0.05) is 36.4 Å². The van der Waals surface area contributed by atoms with Crippen LogP contribution in [-0.4, -0.2) is 17.6 Å². The van der Waals surface area contributed by atoms with Gasteiger partial charge in [-0.3, -0.25) is 4.79 Å². The lowest BCUT2D eigenvalue weighted by Gasteiger charge is -2.27. The Hall–Kier alpha value is -2.55. The van der Waals surface area contributed by atoms with E-state index in [0.717, 1.165) is 25.7 Å². The number of fused-ring (bicyclic) bond motifs is 1. The third kappa shape index (κ3) is 3.51. The van der Waals surface area contributed by atoms with Crippen LogP contribution in [-0.2, 0) is 9.53 Å². The number of carbonyl (C=O) groups excluding carboxylic acids is 1. The highest BCUT2D eigenvalue weighted by Crippen LogP contribution is 2.38. The lowest BCUT2D eigenvalue weighted by atomic mass is 9.78. The fourth-order valence-electron chi connectivity index (χ4n) is 4.44. The molecule has 0 amide bonds. The first-order chi connectivity index (χ1) is 13.2. The lowest BCUT2D eigenvalue weighted by Crippen LogP contribution is -2.23. The SMILES string of the molecule is CCOC(=O)C1CCC(c2cccc(-c3[nH]c4ccccc4c3C)c2)CC1. The molecule has 1 saturated carbocycles. The maximum atomic E-state index is 12.0. The molecule has 0 saturated heterocycles. The molecule has 1 aliphatic rings. The Bertz CT molecular complexity index is 948. The number of hydrogen-bond donors (Lipinski definition) is 1. The van der Waals surface area contributed by atoms with Crippen molar-refractivity contribution in [2.45, 2.75) is 45.4 Å².